The van der Waals surface area contributed by atoms with Gasteiger partial charge < -0.3 is 44.0 Å². The van der Waals surface area contributed by atoms with Crippen LogP contribution in [0.5, 0.6) is 0 Å². The number of primary amides is 1. The van der Waals surface area contributed by atoms with Crippen molar-refractivity contribution in [1.82, 2.24) is 16.0 Å². The van der Waals surface area contributed by atoms with E-state index in [1.165, 1.54) is 0 Å². The summed E-state index contributed by atoms with van der Waals surface area (Å²) in [6.45, 7) is 4.31. The molecule has 5 unspecified atom stereocenters. The third-order valence-corrected chi connectivity index (χ3v) is 5.70. The number of nitrogens with one attached hydrogen (secondary N) is 3. The molecule has 4 amide bonds. The average molecular weight is 502 g/mol. The fraction of sp³-hybridized carbons (Fsp3) is 0.773. The van der Waals surface area contributed by atoms with Crippen LogP contribution in [-0.4, -0.2) is 72.0 Å². The number of amides is 4. The minimum atomic E-state index is -1.35. The zero-order valence-corrected chi connectivity index (χ0v) is 20.8. The molecule has 0 radical (unpaired) electrons. The Hall–Kier alpha value is -2.77. The minimum absolute atomic E-state index is 0.178. The number of unbranched alkanes of at least 4 members (excludes halogenated alkanes) is 2. The van der Waals surface area contributed by atoms with E-state index >= 15 is 0 Å². The molecule has 202 valence electrons. The summed E-state index contributed by atoms with van der Waals surface area (Å²) in [7, 11) is 0. The van der Waals surface area contributed by atoms with Gasteiger partial charge in [-0.1, -0.05) is 26.7 Å². The van der Waals surface area contributed by atoms with E-state index in [0.29, 0.717) is 51.6 Å². The van der Waals surface area contributed by atoms with Crippen LogP contribution in [0.3, 0.4) is 0 Å². The van der Waals surface area contributed by atoms with Gasteiger partial charge in [-0.2, -0.15) is 0 Å². The molecule has 0 aliphatic carbocycles. The Kier molecular flexibility index (Phi) is 16.2. The number of carboxylic acids is 1. The lowest BCUT2D eigenvalue weighted by Crippen LogP contribution is -2.58. The molecule has 0 spiro atoms. The van der Waals surface area contributed by atoms with E-state index in [1.54, 1.807) is 13.8 Å². The van der Waals surface area contributed by atoms with E-state index in [0.717, 1.165) is 0 Å². The summed E-state index contributed by atoms with van der Waals surface area (Å²) in [6.07, 6.45) is 2.87. The van der Waals surface area contributed by atoms with Crippen molar-refractivity contribution in [3.8, 4) is 0 Å². The maximum atomic E-state index is 12.9. The van der Waals surface area contributed by atoms with Gasteiger partial charge in [-0.3, -0.25) is 19.2 Å². The van der Waals surface area contributed by atoms with Gasteiger partial charge >= 0.3 is 5.97 Å². The lowest BCUT2D eigenvalue weighted by atomic mass is 9.98. The fourth-order valence-electron chi connectivity index (χ4n) is 3.30. The standard InChI is InChI=1S/C22H43N7O6/c1-3-13(2)18(22(34)35)29-20(32)15(9-5-7-11-24)27-21(33)16(12-17(26)30)28-19(31)14(25)8-4-6-10-23/h13-16,18H,3-12,23-25H2,1-2H3,(H2,26,30)(H,27,33)(H,28,31)(H,29,32)(H,34,35). The van der Waals surface area contributed by atoms with Crippen LogP contribution in [0.25, 0.3) is 0 Å². The normalized spacial score (nSPS) is 15.2. The van der Waals surface area contributed by atoms with Crippen molar-refractivity contribution >= 4 is 29.6 Å². The average Bonchev–Trinajstić information content (AvgIpc) is 2.80. The summed E-state index contributed by atoms with van der Waals surface area (Å²) in [5.74, 6) is -4.52. The number of hydrogen-bond donors (Lipinski definition) is 8. The van der Waals surface area contributed by atoms with Crippen LogP contribution < -0.4 is 38.9 Å². The summed E-state index contributed by atoms with van der Waals surface area (Å²) in [6, 6.07) is -4.52. The molecule has 0 bridgehead atoms. The van der Waals surface area contributed by atoms with Gasteiger partial charge in [0.05, 0.1) is 12.5 Å². The summed E-state index contributed by atoms with van der Waals surface area (Å²) in [5, 5.41) is 16.9. The monoisotopic (exact) mass is 501 g/mol. The molecular weight excluding hydrogens is 458 g/mol. The lowest BCUT2D eigenvalue weighted by Gasteiger charge is -2.26. The molecule has 12 N–H and O–H groups in total. The van der Waals surface area contributed by atoms with Gasteiger partial charge in [-0.25, -0.2) is 4.79 Å². The summed E-state index contributed by atoms with van der Waals surface area (Å²) >= 11 is 0. The van der Waals surface area contributed by atoms with E-state index in [4.69, 9.17) is 22.9 Å². The van der Waals surface area contributed by atoms with Crippen LogP contribution in [0.1, 0.15) is 65.2 Å². The molecule has 0 aromatic heterocycles. The molecule has 0 aliphatic heterocycles. The third-order valence-electron chi connectivity index (χ3n) is 5.70. The van der Waals surface area contributed by atoms with Crippen molar-refractivity contribution in [1.29, 1.82) is 0 Å². The first-order valence-electron chi connectivity index (χ1n) is 12.1. The lowest BCUT2D eigenvalue weighted by molar-refractivity contribution is -0.144. The van der Waals surface area contributed by atoms with Gasteiger partial charge in [0.2, 0.25) is 23.6 Å². The zero-order chi connectivity index (χ0) is 27.0. The van der Waals surface area contributed by atoms with Gasteiger partial charge in [0.25, 0.3) is 0 Å². The van der Waals surface area contributed by atoms with Crippen LogP contribution >= 0.6 is 0 Å². The molecule has 0 heterocycles. The minimum Gasteiger partial charge on any atom is -0.480 e. The highest BCUT2D eigenvalue weighted by molar-refractivity contribution is 5.96. The third kappa shape index (κ3) is 13.0. The molecular formula is C22H43N7O6. The van der Waals surface area contributed by atoms with E-state index in [2.05, 4.69) is 16.0 Å². The number of carbonyl (C=O) groups is 5. The summed E-state index contributed by atoms with van der Waals surface area (Å²) in [4.78, 5) is 61.4. The predicted octanol–water partition coefficient (Wildman–Crippen LogP) is -1.97. The molecule has 0 saturated carbocycles. The molecule has 0 aromatic carbocycles. The van der Waals surface area contributed by atoms with Crippen LogP contribution in [0.2, 0.25) is 0 Å². The molecule has 0 aliphatic rings. The van der Waals surface area contributed by atoms with E-state index in [-0.39, 0.29) is 12.3 Å². The quantitative estimate of drug-likeness (QED) is 0.0913. The van der Waals surface area contributed by atoms with Crippen LogP contribution in [0, 0.1) is 5.92 Å². The Bertz CT molecular complexity index is 706. The van der Waals surface area contributed by atoms with Crippen LogP contribution in [0.4, 0.5) is 0 Å². The Labute approximate surface area is 206 Å². The van der Waals surface area contributed by atoms with Gasteiger partial charge in [-0.05, 0) is 51.1 Å². The zero-order valence-electron chi connectivity index (χ0n) is 20.8. The molecule has 0 aromatic rings. The number of rotatable bonds is 19. The second kappa shape index (κ2) is 17.6. The molecule has 13 nitrogen and oxygen atoms in total. The van der Waals surface area contributed by atoms with E-state index in [1.807, 2.05) is 0 Å². The maximum Gasteiger partial charge on any atom is 0.326 e. The first kappa shape index (κ1) is 32.2. The maximum absolute atomic E-state index is 12.9. The Morgan fingerprint density at radius 3 is 1.80 bits per heavy atom. The van der Waals surface area contributed by atoms with Gasteiger partial charge in [0, 0.05) is 0 Å². The smallest absolute Gasteiger partial charge is 0.326 e. The Balaban J connectivity index is 5.50. The number of nitrogens with two attached hydrogens (primary N) is 4. The van der Waals surface area contributed by atoms with Gasteiger partial charge in [0.15, 0.2) is 0 Å². The van der Waals surface area contributed by atoms with Crippen LogP contribution in [0.15, 0.2) is 0 Å². The van der Waals surface area contributed by atoms with Gasteiger partial charge in [-0.15, -0.1) is 0 Å². The first-order valence-corrected chi connectivity index (χ1v) is 12.1. The van der Waals surface area contributed by atoms with Crippen molar-refractivity contribution in [3.63, 3.8) is 0 Å². The first-order chi connectivity index (χ1) is 16.5. The number of carbonyl (C=O) groups excluding carboxylic acids is 4. The van der Waals surface area contributed by atoms with Crippen molar-refractivity contribution in [2.45, 2.75) is 89.4 Å². The Morgan fingerprint density at radius 2 is 1.31 bits per heavy atom. The summed E-state index contributed by atoms with van der Waals surface area (Å²) < 4.78 is 0. The molecule has 35 heavy (non-hydrogen) atoms. The van der Waals surface area contributed by atoms with Crippen molar-refractivity contribution < 1.29 is 29.1 Å². The largest absolute Gasteiger partial charge is 0.480 e. The molecule has 0 rings (SSSR count). The van der Waals surface area contributed by atoms with E-state index < -0.39 is 60.2 Å². The molecule has 5 atom stereocenters. The Morgan fingerprint density at radius 1 is 0.800 bits per heavy atom. The number of hydrogen-bond acceptors (Lipinski definition) is 8. The number of carboxylic acid groups (broad SMARTS) is 1. The molecule has 0 saturated heterocycles. The van der Waals surface area contributed by atoms with Gasteiger partial charge in [0.1, 0.15) is 18.1 Å². The van der Waals surface area contributed by atoms with Crippen molar-refractivity contribution in [2.75, 3.05) is 13.1 Å². The highest BCUT2D eigenvalue weighted by Crippen LogP contribution is 2.10. The fourth-order valence-corrected chi connectivity index (χ4v) is 3.30. The van der Waals surface area contributed by atoms with E-state index in [9.17, 15) is 29.1 Å². The highest BCUT2D eigenvalue weighted by atomic mass is 16.4. The summed E-state index contributed by atoms with van der Waals surface area (Å²) in [5.41, 5.74) is 22.1. The van der Waals surface area contributed by atoms with Crippen molar-refractivity contribution in [3.05, 3.63) is 0 Å². The second-order valence-corrected chi connectivity index (χ2v) is 8.68. The van der Waals surface area contributed by atoms with Crippen LogP contribution in [-0.2, 0) is 24.0 Å². The highest BCUT2D eigenvalue weighted by Gasteiger charge is 2.32. The molecule has 13 heteroatoms. The number of aliphatic carboxylic acids is 1. The molecule has 0 fully saturated rings. The van der Waals surface area contributed by atoms with Crippen molar-refractivity contribution in [2.24, 2.45) is 28.9 Å². The topological polar surface area (TPSA) is 246 Å². The second-order valence-electron chi connectivity index (χ2n) is 8.68. The predicted molar refractivity (Wildman–Crippen MR) is 130 cm³/mol. The SMILES string of the molecule is CCC(C)C(NC(=O)C(CCCCN)NC(=O)C(CC(N)=O)NC(=O)C(N)CCCCN)C(=O)O.